The van der Waals surface area contributed by atoms with E-state index in [0.717, 1.165) is 18.3 Å². The molecule has 0 aliphatic heterocycles. The molecular formula is C16H14F3N5O2S. The number of ether oxygens (including phenoxy) is 1. The summed E-state index contributed by atoms with van der Waals surface area (Å²) in [7, 11) is 0. The molecule has 0 radical (unpaired) electrons. The van der Waals surface area contributed by atoms with Gasteiger partial charge >= 0.3 is 6.18 Å². The fraction of sp³-hybridized carbons (Fsp3) is 0.250. The van der Waals surface area contributed by atoms with Crippen molar-refractivity contribution in [2.75, 3.05) is 5.32 Å². The summed E-state index contributed by atoms with van der Waals surface area (Å²) < 4.78 is 43.3. The van der Waals surface area contributed by atoms with Crippen molar-refractivity contribution in [2.24, 2.45) is 5.73 Å². The quantitative estimate of drug-likeness (QED) is 0.682. The maximum absolute atomic E-state index is 12.8. The van der Waals surface area contributed by atoms with Crippen LogP contribution in [0, 0.1) is 6.92 Å². The molecule has 11 heteroatoms. The predicted octanol–water partition coefficient (Wildman–Crippen LogP) is 3.57. The van der Waals surface area contributed by atoms with Gasteiger partial charge in [0.25, 0.3) is 5.91 Å². The minimum Gasteiger partial charge on any atom is -0.464 e. The van der Waals surface area contributed by atoms with Crippen molar-refractivity contribution in [1.29, 1.82) is 0 Å². The Hall–Kier alpha value is -2.95. The molecule has 0 aliphatic carbocycles. The summed E-state index contributed by atoms with van der Waals surface area (Å²) in [6.45, 7) is 2.59. The van der Waals surface area contributed by atoms with Crippen LogP contribution in [0.5, 0.6) is 5.88 Å². The highest BCUT2D eigenvalue weighted by atomic mass is 32.1. The number of nitrogens with two attached hydrogens (primary N) is 1. The number of alkyl halides is 3. The molecule has 1 atom stereocenters. The van der Waals surface area contributed by atoms with E-state index < -0.39 is 18.2 Å². The van der Waals surface area contributed by atoms with E-state index >= 15 is 0 Å². The SMILES string of the molecule is Cc1c(C(N)=O)sc2ncnc(Nc3cccnc3OC(C)C(F)(F)F)c12. The molecule has 3 N–H and O–H groups in total. The molecule has 3 aromatic rings. The number of rotatable bonds is 5. The third-order valence-corrected chi connectivity index (χ3v) is 4.94. The molecule has 7 nitrogen and oxygen atoms in total. The van der Waals surface area contributed by atoms with Gasteiger partial charge in [0.15, 0.2) is 6.10 Å². The van der Waals surface area contributed by atoms with Crippen LogP contribution in [0.25, 0.3) is 10.2 Å². The highest BCUT2D eigenvalue weighted by molar-refractivity contribution is 7.20. The topological polar surface area (TPSA) is 103 Å². The molecule has 3 rings (SSSR count). The summed E-state index contributed by atoms with van der Waals surface area (Å²) in [5.41, 5.74) is 6.15. The second-order valence-corrected chi connectivity index (χ2v) is 6.60. The highest BCUT2D eigenvalue weighted by Gasteiger charge is 2.38. The second kappa shape index (κ2) is 6.99. The Labute approximate surface area is 155 Å². The molecular weight excluding hydrogens is 383 g/mol. The monoisotopic (exact) mass is 397 g/mol. The maximum Gasteiger partial charge on any atom is 0.425 e. The van der Waals surface area contributed by atoms with Crippen molar-refractivity contribution in [1.82, 2.24) is 15.0 Å². The van der Waals surface area contributed by atoms with Gasteiger partial charge in [0.05, 0.1) is 10.3 Å². The minimum absolute atomic E-state index is 0.194. The summed E-state index contributed by atoms with van der Waals surface area (Å²) in [6.07, 6.45) is -3.97. The fourth-order valence-electron chi connectivity index (χ4n) is 2.34. The number of halogens is 3. The lowest BCUT2D eigenvalue weighted by Crippen LogP contribution is -2.31. The minimum atomic E-state index is -4.53. The molecule has 0 bridgehead atoms. The Balaban J connectivity index is 2.00. The lowest BCUT2D eigenvalue weighted by atomic mass is 10.2. The first-order chi connectivity index (χ1) is 12.7. The Kier molecular flexibility index (Phi) is 4.87. The molecule has 1 unspecified atom stereocenters. The fourth-order valence-corrected chi connectivity index (χ4v) is 3.34. The number of carbonyl (C=O) groups is 1. The van der Waals surface area contributed by atoms with Gasteiger partial charge in [-0.2, -0.15) is 13.2 Å². The lowest BCUT2D eigenvalue weighted by Gasteiger charge is -2.19. The van der Waals surface area contributed by atoms with Gasteiger partial charge in [-0.3, -0.25) is 4.79 Å². The van der Waals surface area contributed by atoms with Crippen LogP contribution in [-0.4, -0.2) is 33.1 Å². The summed E-state index contributed by atoms with van der Waals surface area (Å²) in [5, 5.41) is 3.46. The Morgan fingerprint density at radius 3 is 2.74 bits per heavy atom. The summed E-state index contributed by atoms with van der Waals surface area (Å²) in [6, 6.07) is 3.05. The summed E-state index contributed by atoms with van der Waals surface area (Å²) in [5.74, 6) is -0.512. The van der Waals surface area contributed by atoms with Gasteiger partial charge in [-0.25, -0.2) is 15.0 Å². The van der Waals surface area contributed by atoms with Gasteiger partial charge in [-0.1, -0.05) is 0 Å². The van der Waals surface area contributed by atoms with Crippen molar-refractivity contribution in [3.63, 3.8) is 0 Å². The van der Waals surface area contributed by atoms with Crippen LogP contribution in [0.3, 0.4) is 0 Å². The van der Waals surface area contributed by atoms with Gasteiger partial charge in [-0.15, -0.1) is 11.3 Å². The molecule has 3 aromatic heterocycles. The number of aryl methyl sites for hydroxylation is 1. The molecule has 0 spiro atoms. The van der Waals surface area contributed by atoms with Crippen LogP contribution in [0.1, 0.15) is 22.2 Å². The van der Waals surface area contributed by atoms with Crippen molar-refractivity contribution >= 4 is 39.0 Å². The third kappa shape index (κ3) is 3.77. The van der Waals surface area contributed by atoms with Crippen molar-refractivity contribution in [2.45, 2.75) is 26.1 Å². The number of nitrogens with one attached hydrogen (secondary N) is 1. The Bertz CT molecular complexity index is 1010. The molecule has 3 heterocycles. The van der Waals surface area contributed by atoms with E-state index in [2.05, 4.69) is 20.3 Å². The van der Waals surface area contributed by atoms with E-state index in [1.54, 1.807) is 13.0 Å². The molecule has 142 valence electrons. The number of fused-ring (bicyclic) bond motifs is 1. The Morgan fingerprint density at radius 2 is 2.07 bits per heavy atom. The third-order valence-electron chi connectivity index (χ3n) is 3.72. The van der Waals surface area contributed by atoms with Gasteiger partial charge in [0, 0.05) is 6.20 Å². The average Bonchev–Trinajstić information content (AvgIpc) is 2.94. The predicted molar refractivity (Wildman–Crippen MR) is 94.3 cm³/mol. The summed E-state index contributed by atoms with van der Waals surface area (Å²) >= 11 is 1.11. The number of primary amides is 1. The lowest BCUT2D eigenvalue weighted by molar-refractivity contribution is -0.189. The van der Waals surface area contributed by atoms with Crippen LogP contribution in [0.15, 0.2) is 24.7 Å². The van der Waals surface area contributed by atoms with E-state index in [4.69, 9.17) is 10.5 Å². The van der Waals surface area contributed by atoms with Crippen LogP contribution >= 0.6 is 11.3 Å². The van der Waals surface area contributed by atoms with E-state index in [-0.39, 0.29) is 11.6 Å². The molecule has 0 saturated heterocycles. The number of pyridine rings is 1. The highest BCUT2D eigenvalue weighted by Crippen LogP contribution is 2.36. The summed E-state index contributed by atoms with van der Waals surface area (Å²) in [4.78, 5) is 24.5. The maximum atomic E-state index is 12.8. The van der Waals surface area contributed by atoms with Crippen LogP contribution < -0.4 is 15.8 Å². The van der Waals surface area contributed by atoms with Crippen molar-refractivity contribution in [3.05, 3.63) is 35.1 Å². The molecule has 0 fully saturated rings. The zero-order valence-electron chi connectivity index (χ0n) is 14.2. The first-order valence-electron chi connectivity index (χ1n) is 7.67. The normalized spacial score (nSPS) is 12.8. The number of hydrogen-bond acceptors (Lipinski definition) is 7. The van der Waals surface area contributed by atoms with Crippen molar-refractivity contribution < 1.29 is 22.7 Å². The van der Waals surface area contributed by atoms with Crippen LogP contribution in [0.4, 0.5) is 24.7 Å². The number of aromatic nitrogens is 3. The standard InChI is InChI=1S/C16H14F3N5O2S/c1-7-10-13(22-6-23-15(10)27-11(7)12(20)25)24-9-4-3-5-21-14(9)26-8(2)16(17,18)19/h3-6,8H,1-2H3,(H2,20,25)(H,22,23,24). The number of amides is 1. The first-order valence-corrected chi connectivity index (χ1v) is 8.49. The molecule has 0 aliphatic rings. The molecule has 0 saturated carbocycles. The van der Waals surface area contributed by atoms with E-state index in [9.17, 15) is 18.0 Å². The number of hydrogen-bond donors (Lipinski definition) is 2. The van der Waals surface area contributed by atoms with E-state index in [0.29, 0.717) is 26.5 Å². The Morgan fingerprint density at radius 1 is 1.33 bits per heavy atom. The number of nitrogens with zero attached hydrogens (tertiary/aromatic N) is 3. The molecule has 0 aromatic carbocycles. The average molecular weight is 397 g/mol. The largest absolute Gasteiger partial charge is 0.464 e. The molecule has 1 amide bonds. The van der Waals surface area contributed by atoms with Crippen LogP contribution in [0.2, 0.25) is 0 Å². The van der Waals surface area contributed by atoms with Gasteiger partial charge in [0.1, 0.15) is 22.7 Å². The van der Waals surface area contributed by atoms with Gasteiger partial charge < -0.3 is 15.8 Å². The van der Waals surface area contributed by atoms with E-state index in [1.165, 1.54) is 18.6 Å². The van der Waals surface area contributed by atoms with Crippen LogP contribution in [-0.2, 0) is 0 Å². The number of carbonyl (C=O) groups excluding carboxylic acids is 1. The zero-order chi connectivity index (χ0) is 19.8. The first kappa shape index (κ1) is 18.8. The van der Waals surface area contributed by atoms with Gasteiger partial charge in [0.2, 0.25) is 5.88 Å². The zero-order valence-corrected chi connectivity index (χ0v) is 15.0. The smallest absolute Gasteiger partial charge is 0.425 e. The second-order valence-electron chi connectivity index (χ2n) is 5.61. The molecule has 27 heavy (non-hydrogen) atoms. The number of thiophene rings is 1. The van der Waals surface area contributed by atoms with Gasteiger partial charge in [-0.05, 0) is 31.5 Å². The van der Waals surface area contributed by atoms with E-state index in [1.807, 2.05) is 0 Å². The van der Waals surface area contributed by atoms with Crippen molar-refractivity contribution in [3.8, 4) is 5.88 Å². The number of anilines is 2.